The first-order chi connectivity index (χ1) is 5.83. The zero-order valence-corrected chi connectivity index (χ0v) is 9.52. The van der Waals surface area contributed by atoms with Crippen LogP contribution in [0.4, 0.5) is 0 Å². The SMILES string of the molecule is CSCCCC1(CCl)CCCC1. The van der Waals surface area contributed by atoms with E-state index in [1.54, 1.807) is 0 Å². The smallest absolute Gasteiger partial charge is 0.0280 e. The Bertz CT molecular complexity index is 119. The Hall–Kier alpha value is 0.640. The summed E-state index contributed by atoms with van der Waals surface area (Å²) < 4.78 is 0. The number of alkyl halides is 1. The fourth-order valence-corrected chi connectivity index (χ4v) is 3.00. The van der Waals surface area contributed by atoms with E-state index in [1.807, 2.05) is 11.8 Å². The van der Waals surface area contributed by atoms with Gasteiger partial charge in [0.1, 0.15) is 0 Å². The Morgan fingerprint density at radius 1 is 1.33 bits per heavy atom. The molecule has 0 spiro atoms. The number of halogens is 1. The van der Waals surface area contributed by atoms with Crippen molar-refractivity contribution in [2.24, 2.45) is 5.41 Å². The van der Waals surface area contributed by atoms with Crippen LogP contribution in [-0.2, 0) is 0 Å². The second-order valence-electron chi connectivity index (χ2n) is 3.94. The lowest BCUT2D eigenvalue weighted by atomic mass is 9.84. The summed E-state index contributed by atoms with van der Waals surface area (Å²) >= 11 is 7.99. The van der Waals surface area contributed by atoms with Gasteiger partial charge in [0.05, 0.1) is 0 Å². The summed E-state index contributed by atoms with van der Waals surface area (Å²) in [5.74, 6) is 2.19. The van der Waals surface area contributed by atoms with Crippen molar-refractivity contribution in [3.63, 3.8) is 0 Å². The number of hydrogen-bond acceptors (Lipinski definition) is 1. The summed E-state index contributed by atoms with van der Waals surface area (Å²) in [5, 5.41) is 0. The Balaban J connectivity index is 2.24. The molecule has 0 aromatic rings. The first-order valence-electron chi connectivity index (χ1n) is 4.88. The van der Waals surface area contributed by atoms with Gasteiger partial charge in [-0.1, -0.05) is 12.8 Å². The van der Waals surface area contributed by atoms with Crippen molar-refractivity contribution in [2.75, 3.05) is 17.9 Å². The molecule has 2 heteroatoms. The molecule has 0 N–H and O–H groups in total. The zero-order valence-electron chi connectivity index (χ0n) is 7.94. The zero-order chi connectivity index (χ0) is 8.86. The summed E-state index contributed by atoms with van der Waals surface area (Å²) in [6.07, 6.45) is 10.5. The molecule has 0 amide bonds. The van der Waals surface area contributed by atoms with Crippen LogP contribution >= 0.6 is 23.4 Å². The van der Waals surface area contributed by atoms with Gasteiger partial charge in [0.25, 0.3) is 0 Å². The third-order valence-electron chi connectivity index (χ3n) is 3.00. The Morgan fingerprint density at radius 3 is 2.50 bits per heavy atom. The summed E-state index contributed by atoms with van der Waals surface area (Å²) in [6, 6.07) is 0. The predicted octanol–water partition coefficient (Wildman–Crippen LogP) is 3.93. The fraction of sp³-hybridized carbons (Fsp3) is 1.00. The molecular formula is C10H19ClS. The highest BCUT2D eigenvalue weighted by Crippen LogP contribution is 2.42. The van der Waals surface area contributed by atoms with Crippen LogP contribution in [0.25, 0.3) is 0 Å². The summed E-state index contributed by atoms with van der Waals surface area (Å²) in [5.41, 5.74) is 0.539. The molecule has 0 nitrogen and oxygen atoms in total. The van der Waals surface area contributed by atoms with E-state index in [1.165, 1.54) is 44.3 Å². The largest absolute Gasteiger partial charge is 0.165 e. The molecule has 0 unspecified atom stereocenters. The molecule has 72 valence electrons. The maximum absolute atomic E-state index is 6.04. The molecule has 0 bridgehead atoms. The van der Waals surface area contributed by atoms with Gasteiger partial charge >= 0.3 is 0 Å². The molecule has 1 aliphatic rings. The predicted molar refractivity (Wildman–Crippen MR) is 59.2 cm³/mol. The van der Waals surface area contributed by atoms with Crippen molar-refractivity contribution in [2.45, 2.75) is 38.5 Å². The van der Waals surface area contributed by atoms with Crippen molar-refractivity contribution in [1.29, 1.82) is 0 Å². The van der Waals surface area contributed by atoms with Crippen LogP contribution in [0.2, 0.25) is 0 Å². The molecule has 0 aromatic carbocycles. The van der Waals surface area contributed by atoms with Gasteiger partial charge in [0.2, 0.25) is 0 Å². The van der Waals surface area contributed by atoms with Crippen LogP contribution in [0.15, 0.2) is 0 Å². The third kappa shape index (κ3) is 2.85. The Morgan fingerprint density at radius 2 is 2.00 bits per heavy atom. The average molecular weight is 207 g/mol. The average Bonchev–Trinajstić information content (AvgIpc) is 2.55. The molecule has 0 heterocycles. The highest BCUT2D eigenvalue weighted by Gasteiger charge is 2.31. The Labute approximate surface area is 85.4 Å². The minimum Gasteiger partial charge on any atom is -0.165 e. The van der Waals surface area contributed by atoms with E-state index in [0.29, 0.717) is 5.41 Å². The number of thioether (sulfide) groups is 1. The van der Waals surface area contributed by atoms with Crippen LogP contribution in [0, 0.1) is 5.41 Å². The van der Waals surface area contributed by atoms with Gasteiger partial charge < -0.3 is 0 Å². The van der Waals surface area contributed by atoms with Crippen molar-refractivity contribution in [1.82, 2.24) is 0 Å². The van der Waals surface area contributed by atoms with Crippen LogP contribution in [0.3, 0.4) is 0 Å². The normalized spacial score (nSPS) is 21.5. The van der Waals surface area contributed by atoms with E-state index in [9.17, 15) is 0 Å². The lowest BCUT2D eigenvalue weighted by Crippen LogP contribution is -2.18. The topological polar surface area (TPSA) is 0 Å². The van der Waals surface area contributed by atoms with Gasteiger partial charge in [-0.15, -0.1) is 11.6 Å². The number of hydrogen-bond donors (Lipinski definition) is 0. The lowest BCUT2D eigenvalue weighted by molar-refractivity contribution is 0.312. The first-order valence-corrected chi connectivity index (χ1v) is 6.81. The standard InChI is InChI=1S/C10H19ClS/c1-12-8-4-7-10(9-11)5-2-3-6-10/h2-9H2,1H3. The first kappa shape index (κ1) is 10.7. The number of rotatable bonds is 5. The van der Waals surface area contributed by atoms with E-state index < -0.39 is 0 Å². The summed E-state index contributed by atoms with van der Waals surface area (Å²) in [7, 11) is 0. The van der Waals surface area contributed by atoms with Gasteiger partial charge in [-0.05, 0) is 43.1 Å². The van der Waals surface area contributed by atoms with E-state index in [0.717, 1.165) is 5.88 Å². The lowest BCUT2D eigenvalue weighted by Gasteiger charge is -2.25. The van der Waals surface area contributed by atoms with Crippen molar-refractivity contribution in [3.05, 3.63) is 0 Å². The van der Waals surface area contributed by atoms with E-state index in [-0.39, 0.29) is 0 Å². The minimum atomic E-state index is 0.539. The van der Waals surface area contributed by atoms with Crippen molar-refractivity contribution < 1.29 is 0 Å². The van der Waals surface area contributed by atoms with Crippen molar-refractivity contribution >= 4 is 23.4 Å². The van der Waals surface area contributed by atoms with Gasteiger partial charge in [-0.25, -0.2) is 0 Å². The van der Waals surface area contributed by atoms with Crippen LogP contribution in [0.1, 0.15) is 38.5 Å². The highest BCUT2D eigenvalue weighted by molar-refractivity contribution is 7.98. The molecule has 1 fully saturated rings. The molecule has 0 aromatic heterocycles. The molecule has 0 atom stereocenters. The summed E-state index contributed by atoms with van der Waals surface area (Å²) in [6.45, 7) is 0. The fourth-order valence-electron chi connectivity index (χ4n) is 2.17. The maximum Gasteiger partial charge on any atom is 0.0280 e. The van der Waals surface area contributed by atoms with Gasteiger partial charge in [-0.2, -0.15) is 11.8 Å². The van der Waals surface area contributed by atoms with E-state index in [4.69, 9.17) is 11.6 Å². The molecule has 1 rings (SSSR count). The second-order valence-corrected chi connectivity index (χ2v) is 5.19. The molecular weight excluding hydrogens is 188 g/mol. The van der Waals surface area contributed by atoms with Gasteiger partial charge in [0, 0.05) is 5.88 Å². The highest BCUT2D eigenvalue weighted by atomic mass is 35.5. The van der Waals surface area contributed by atoms with Gasteiger partial charge in [-0.3, -0.25) is 0 Å². The molecule has 1 saturated carbocycles. The quantitative estimate of drug-likeness (QED) is 0.485. The molecule has 0 radical (unpaired) electrons. The molecule has 12 heavy (non-hydrogen) atoms. The molecule has 0 aliphatic heterocycles. The molecule has 1 aliphatic carbocycles. The van der Waals surface area contributed by atoms with Crippen LogP contribution in [-0.4, -0.2) is 17.9 Å². The van der Waals surface area contributed by atoms with Crippen molar-refractivity contribution in [3.8, 4) is 0 Å². The monoisotopic (exact) mass is 206 g/mol. The van der Waals surface area contributed by atoms with Crippen LogP contribution < -0.4 is 0 Å². The minimum absolute atomic E-state index is 0.539. The summed E-state index contributed by atoms with van der Waals surface area (Å²) in [4.78, 5) is 0. The van der Waals surface area contributed by atoms with Crippen LogP contribution in [0.5, 0.6) is 0 Å². The Kier molecular flexibility index (Phi) is 4.81. The van der Waals surface area contributed by atoms with E-state index >= 15 is 0 Å². The van der Waals surface area contributed by atoms with Gasteiger partial charge in [0.15, 0.2) is 0 Å². The maximum atomic E-state index is 6.04. The third-order valence-corrected chi connectivity index (χ3v) is 4.27. The van der Waals surface area contributed by atoms with E-state index in [2.05, 4.69) is 6.26 Å². The second kappa shape index (κ2) is 5.39. The molecule has 0 saturated heterocycles.